The number of hydrogen-bond donors (Lipinski definition) is 4. The molecule has 0 spiro atoms. The van der Waals surface area contributed by atoms with Crippen LogP contribution in [-0.2, 0) is 6.42 Å². The Morgan fingerprint density at radius 3 is 3.00 bits per heavy atom. The van der Waals surface area contributed by atoms with Crippen molar-refractivity contribution in [3.8, 4) is 11.3 Å². The van der Waals surface area contributed by atoms with Crippen LogP contribution in [0.4, 0.5) is 10.6 Å². The van der Waals surface area contributed by atoms with E-state index in [9.17, 15) is 9.90 Å². The number of aromatic amines is 2. The van der Waals surface area contributed by atoms with Crippen molar-refractivity contribution in [3.05, 3.63) is 36.3 Å². The number of amides is 1. The van der Waals surface area contributed by atoms with Gasteiger partial charge in [-0.3, -0.25) is 5.10 Å². The number of carboxylic acid groups (broad SMARTS) is 1. The monoisotopic (exact) mass is 377 g/mol. The lowest BCUT2D eigenvalue weighted by molar-refractivity contribution is 0.140. The maximum atomic E-state index is 11.4. The predicted molar refractivity (Wildman–Crippen MR) is 105 cm³/mol. The highest BCUT2D eigenvalue weighted by Gasteiger charge is 2.29. The Morgan fingerprint density at radius 1 is 1.32 bits per heavy atom. The summed E-state index contributed by atoms with van der Waals surface area (Å²) in [6.45, 7) is 0.572. The van der Waals surface area contributed by atoms with Gasteiger partial charge in [0.2, 0.25) is 0 Å². The minimum absolute atomic E-state index is 0.0650. The molecular weight excluding hydrogens is 358 g/mol. The Balaban J connectivity index is 1.56. The smallest absolute Gasteiger partial charge is 0.407 e. The zero-order valence-electron chi connectivity index (χ0n) is 15.0. The molecule has 0 saturated carbocycles. The SMILES string of the molecule is Nc1nc2cc(-c3cc[nH]n3)ccc2c2[nH]c(CC3CCCN3C(=O)O)nc12. The molecule has 28 heavy (non-hydrogen) atoms. The van der Waals surface area contributed by atoms with Crippen LogP contribution in [0.2, 0.25) is 0 Å². The van der Waals surface area contributed by atoms with Crippen molar-refractivity contribution < 1.29 is 9.90 Å². The number of rotatable bonds is 3. The van der Waals surface area contributed by atoms with Crippen molar-refractivity contribution in [2.24, 2.45) is 0 Å². The van der Waals surface area contributed by atoms with Gasteiger partial charge in [0.1, 0.15) is 11.3 Å². The average Bonchev–Trinajstić information content (AvgIpc) is 3.42. The highest BCUT2D eigenvalue weighted by molar-refractivity contribution is 6.07. The summed E-state index contributed by atoms with van der Waals surface area (Å²) in [6.07, 6.45) is 3.14. The number of aromatic nitrogens is 5. The molecule has 142 valence electrons. The van der Waals surface area contributed by atoms with E-state index < -0.39 is 6.09 Å². The maximum Gasteiger partial charge on any atom is 0.407 e. The second-order valence-corrected chi connectivity index (χ2v) is 7.07. The van der Waals surface area contributed by atoms with E-state index in [0.717, 1.165) is 46.3 Å². The Morgan fingerprint density at radius 2 is 2.21 bits per heavy atom. The summed E-state index contributed by atoms with van der Waals surface area (Å²) in [4.78, 5) is 25.4. The topological polar surface area (TPSA) is 137 Å². The van der Waals surface area contributed by atoms with Gasteiger partial charge in [0, 0.05) is 36.2 Å². The number of fused-ring (bicyclic) bond motifs is 3. The van der Waals surface area contributed by atoms with Crippen molar-refractivity contribution in [1.82, 2.24) is 30.0 Å². The van der Waals surface area contributed by atoms with Crippen LogP contribution >= 0.6 is 0 Å². The molecule has 1 aliphatic heterocycles. The standard InChI is InChI=1S/C19H19N7O2/c20-18-17-16(23-15(24-17)9-11-2-1-7-26(11)19(27)28)12-4-3-10(8-14(12)22-18)13-5-6-21-25-13/h3-6,8,11H,1-2,7,9H2,(H2,20,22)(H,21,25)(H,23,24)(H,27,28). The predicted octanol–water partition coefficient (Wildman–Crippen LogP) is 2.77. The largest absolute Gasteiger partial charge is 0.465 e. The Kier molecular flexibility index (Phi) is 3.68. The fourth-order valence-electron chi connectivity index (χ4n) is 4.02. The van der Waals surface area contributed by atoms with E-state index in [-0.39, 0.29) is 6.04 Å². The summed E-state index contributed by atoms with van der Waals surface area (Å²) in [5.41, 5.74) is 10.2. The first-order valence-electron chi connectivity index (χ1n) is 9.17. The first-order valence-corrected chi connectivity index (χ1v) is 9.17. The summed E-state index contributed by atoms with van der Waals surface area (Å²) in [5.74, 6) is 1.08. The molecule has 3 aromatic heterocycles. The second kappa shape index (κ2) is 6.22. The Bertz CT molecular complexity index is 1180. The van der Waals surface area contributed by atoms with Crippen LogP contribution in [0.5, 0.6) is 0 Å². The van der Waals surface area contributed by atoms with Crippen LogP contribution in [0.25, 0.3) is 33.2 Å². The number of nitrogens with one attached hydrogen (secondary N) is 2. The number of pyridine rings is 1. The maximum absolute atomic E-state index is 11.4. The van der Waals surface area contributed by atoms with Gasteiger partial charge in [-0.15, -0.1) is 0 Å². The fraction of sp³-hybridized carbons (Fsp3) is 0.263. The molecular formula is C19H19N7O2. The van der Waals surface area contributed by atoms with Crippen molar-refractivity contribution >= 4 is 33.8 Å². The molecule has 1 aromatic carbocycles. The molecule has 1 amide bonds. The van der Waals surface area contributed by atoms with Gasteiger partial charge in [-0.2, -0.15) is 5.10 Å². The third-order valence-electron chi connectivity index (χ3n) is 5.35. The number of likely N-dealkylation sites (tertiary alicyclic amines) is 1. The third-order valence-corrected chi connectivity index (χ3v) is 5.35. The van der Waals surface area contributed by atoms with Crippen LogP contribution < -0.4 is 5.73 Å². The number of H-pyrrole nitrogens is 2. The minimum atomic E-state index is -0.879. The van der Waals surface area contributed by atoms with Crippen molar-refractivity contribution in [1.29, 1.82) is 0 Å². The number of nitrogens with zero attached hydrogens (tertiary/aromatic N) is 4. The molecule has 0 bridgehead atoms. The molecule has 1 unspecified atom stereocenters. The third kappa shape index (κ3) is 2.63. The van der Waals surface area contributed by atoms with Crippen LogP contribution in [0.1, 0.15) is 18.7 Å². The second-order valence-electron chi connectivity index (χ2n) is 7.07. The molecule has 1 fully saturated rings. The fourth-order valence-corrected chi connectivity index (χ4v) is 4.02. The van der Waals surface area contributed by atoms with E-state index in [2.05, 4.69) is 25.1 Å². The van der Waals surface area contributed by atoms with E-state index in [0.29, 0.717) is 24.3 Å². The zero-order chi connectivity index (χ0) is 19.3. The zero-order valence-corrected chi connectivity index (χ0v) is 15.0. The summed E-state index contributed by atoms with van der Waals surface area (Å²) < 4.78 is 0. The number of hydrogen-bond acceptors (Lipinski definition) is 5. The minimum Gasteiger partial charge on any atom is -0.465 e. The van der Waals surface area contributed by atoms with Gasteiger partial charge < -0.3 is 20.7 Å². The average molecular weight is 377 g/mol. The van der Waals surface area contributed by atoms with Crippen molar-refractivity contribution in [2.45, 2.75) is 25.3 Å². The first-order chi connectivity index (χ1) is 13.6. The number of nitrogen functional groups attached to an aromatic ring is 1. The molecule has 1 atom stereocenters. The molecule has 0 aliphatic carbocycles. The Labute approximate surface area is 159 Å². The Hall–Kier alpha value is -3.62. The van der Waals surface area contributed by atoms with E-state index in [1.54, 1.807) is 6.20 Å². The summed E-state index contributed by atoms with van der Waals surface area (Å²) in [5, 5.41) is 17.3. The lowest BCUT2D eigenvalue weighted by Crippen LogP contribution is -2.35. The summed E-state index contributed by atoms with van der Waals surface area (Å²) in [6, 6.07) is 7.75. The van der Waals surface area contributed by atoms with Gasteiger partial charge >= 0.3 is 6.09 Å². The highest BCUT2D eigenvalue weighted by atomic mass is 16.4. The normalized spacial score (nSPS) is 17.0. The van der Waals surface area contributed by atoms with E-state index in [1.807, 2.05) is 24.3 Å². The number of carbonyl (C=O) groups is 1. The molecule has 5 rings (SSSR count). The molecule has 1 saturated heterocycles. The van der Waals surface area contributed by atoms with Crippen LogP contribution in [-0.4, -0.2) is 53.8 Å². The van der Waals surface area contributed by atoms with Gasteiger partial charge in [-0.1, -0.05) is 6.07 Å². The molecule has 9 nitrogen and oxygen atoms in total. The highest BCUT2D eigenvalue weighted by Crippen LogP contribution is 2.30. The summed E-state index contributed by atoms with van der Waals surface area (Å²) in [7, 11) is 0. The van der Waals surface area contributed by atoms with Gasteiger partial charge in [0.25, 0.3) is 0 Å². The van der Waals surface area contributed by atoms with Crippen LogP contribution in [0, 0.1) is 0 Å². The molecule has 9 heteroatoms. The molecule has 5 N–H and O–H groups in total. The number of imidazole rings is 1. The van der Waals surface area contributed by atoms with Gasteiger partial charge in [-0.25, -0.2) is 14.8 Å². The molecule has 4 heterocycles. The number of nitrogens with two attached hydrogens (primary N) is 1. The summed E-state index contributed by atoms with van der Waals surface area (Å²) >= 11 is 0. The van der Waals surface area contributed by atoms with Crippen molar-refractivity contribution in [3.63, 3.8) is 0 Å². The van der Waals surface area contributed by atoms with Crippen molar-refractivity contribution in [2.75, 3.05) is 12.3 Å². The number of anilines is 1. The molecule has 4 aromatic rings. The quantitative estimate of drug-likeness (QED) is 0.433. The molecule has 0 radical (unpaired) electrons. The van der Waals surface area contributed by atoms with Crippen LogP contribution in [0.15, 0.2) is 30.5 Å². The lowest BCUT2D eigenvalue weighted by atomic mass is 10.1. The van der Waals surface area contributed by atoms with Gasteiger partial charge in [0.15, 0.2) is 5.82 Å². The number of benzene rings is 1. The van der Waals surface area contributed by atoms with Gasteiger partial charge in [0.05, 0.1) is 16.7 Å². The van der Waals surface area contributed by atoms with E-state index in [4.69, 9.17) is 5.73 Å². The lowest BCUT2D eigenvalue weighted by Gasteiger charge is -2.20. The van der Waals surface area contributed by atoms with E-state index in [1.165, 1.54) is 4.90 Å². The van der Waals surface area contributed by atoms with E-state index >= 15 is 0 Å². The van der Waals surface area contributed by atoms with Crippen LogP contribution in [0.3, 0.4) is 0 Å². The first kappa shape index (κ1) is 16.5. The molecule has 1 aliphatic rings. The van der Waals surface area contributed by atoms with Gasteiger partial charge in [-0.05, 0) is 31.0 Å².